The second kappa shape index (κ2) is 6.08. The molecule has 26 heavy (non-hydrogen) atoms. The van der Waals surface area contributed by atoms with Crippen LogP contribution in [0.1, 0.15) is 52.5 Å². The van der Waals surface area contributed by atoms with Crippen LogP contribution in [0.3, 0.4) is 0 Å². The largest absolute Gasteiger partial charge is 0.299 e. The van der Waals surface area contributed by atoms with Crippen LogP contribution < -0.4 is 5.32 Å². The van der Waals surface area contributed by atoms with Crippen molar-refractivity contribution in [2.24, 2.45) is 27.0 Å². The summed E-state index contributed by atoms with van der Waals surface area (Å²) in [6, 6.07) is 0. The van der Waals surface area contributed by atoms with E-state index in [1.807, 2.05) is 23.9 Å². The minimum atomic E-state index is -0.127. The van der Waals surface area contributed by atoms with Gasteiger partial charge in [-0.1, -0.05) is 20.8 Å². The van der Waals surface area contributed by atoms with Crippen LogP contribution in [0, 0.1) is 16.7 Å². The van der Waals surface area contributed by atoms with Crippen LogP contribution in [-0.4, -0.2) is 26.6 Å². The number of aryl methyl sites for hydroxylation is 1. The number of nitrogens with one attached hydrogen (secondary N) is 1. The first-order chi connectivity index (χ1) is 12.3. The predicted molar refractivity (Wildman–Crippen MR) is 106 cm³/mol. The number of carbonyl (C=O) groups is 1. The number of rotatable bonds is 3. The highest BCUT2D eigenvalue weighted by atomic mass is 32.2. The molecule has 7 heteroatoms. The summed E-state index contributed by atoms with van der Waals surface area (Å²) in [5, 5.41) is 16.6. The highest BCUT2D eigenvalue weighted by Gasteiger charge is 2.60. The number of hydrogen-bond acceptors (Lipinski definition) is 5. The smallest absolute Gasteiger partial charge is 0.264 e. The van der Waals surface area contributed by atoms with Crippen molar-refractivity contribution in [3.8, 4) is 0 Å². The van der Waals surface area contributed by atoms with Crippen molar-refractivity contribution in [3.63, 3.8) is 0 Å². The molecule has 2 atom stereocenters. The summed E-state index contributed by atoms with van der Waals surface area (Å²) >= 11 is 1.34. The van der Waals surface area contributed by atoms with E-state index in [0.717, 1.165) is 18.5 Å². The van der Waals surface area contributed by atoms with Crippen LogP contribution in [0.5, 0.6) is 0 Å². The highest BCUT2D eigenvalue weighted by Crippen LogP contribution is 2.64. The van der Waals surface area contributed by atoms with Crippen LogP contribution in [0.2, 0.25) is 0 Å². The Morgan fingerprint density at radius 1 is 1.42 bits per heavy atom. The molecule has 2 aliphatic carbocycles. The third kappa shape index (κ3) is 2.64. The number of hydrogen-bond donors (Lipinski definition) is 1. The zero-order valence-corrected chi connectivity index (χ0v) is 16.6. The van der Waals surface area contributed by atoms with Gasteiger partial charge in [-0.3, -0.25) is 14.8 Å². The first-order valence-corrected chi connectivity index (χ1v) is 10.0. The van der Waals surface area contributed by atoms with Gasteiger partial charge in [-0.05, 0) is 55.4 Å². The Labute approximate surface area is 158 Å². The van der Waals surface area contributed by atoms with E-state index >= 15 is 0 Å². The van der Waals surface area contributed by atoms with Crippen LogP contribution in [0.25, 0.3) is 6.08 Å². The van der Waals surface area contributed by atoms with Crippen molar-refractivity contribution in [2.75, 3.05) is 0 Å². The lowest BCUT2D eigenvalue weighted by atomic mass is 9.70. The zero-order valence-electron chi connectivity index (χ0n) is 15.7. The predicted octanol–water partition coefficient (Wildman–Crippen LogP) is 3.67. The molecule has 3 fully saturated rings. The van der Waals surface area contributed by atoms with Gasteiger partial charge in [-0.25, -0.2) is 0 Å². The molecular formula is C19H25N5OS. The minimum Gasteiger partial charge on any atom is -0.299 e. The molecule has 1 aromatic heterocycles. The normalized spacial score (nSPS) is 34.4. The topological polar surface area (TPSA) is 71.6 Å². The fraction of sp³-hybridized carbons (Fsp3) is 0.579. The SMILES string of the molecule is CCn1cc(/C=C2/S/C(=N\N=C3\C[C@H]4CC[C@@]3(C)C4(C)C)NC2=O)cn1. The van der Waals surface area contributed by atoms with Gasteiger partial charge in [-0.15, -0.1) is 5.10 Å². The second-order valence-corrected chi connectivity index (χ2v) is 9.17. The fourth-order valence-electron chi connectivity index (χ4n) is 4.44. The number of fused-ring (bicyclic) bond motifs is 2. The number of thioether (sulfide) groups is 1. The van der Waals surface area contributed by atoms with Crippen LogP contribution in [0.4, 0.5) is 0 Å². The van der Waals surface area contributed by atoms with Gasteiger partial charge in [0.2, 0.25) is 0 Å². The van der Waals surface area contributed by atoms with Crippen LogP contribution >= 0.6 is 11.8 Å². The van der Waals surface area contributed by atoms with Gasteiger partial charge in [0.25, 0.3) is 5.91 Å². The molecule has 2 heterocycles. The minimum absolute atomic E-state index is 0.127. The lowest BCUT2D eigenvalue weighted by Crippen LogP contribution is -2.32. The summed E-state index contributed by atoms with van der Waals surface area (Å²) in [5.41, 5.74) is 2.51. The van der Waals surface area contributed by atoms with Gasteiger partial charge < -0.3 is 0 Å². The van der Waals surface area contributed by atoms with Crippen LogP contribution in [-0.2, 0) is 11.3 Å². The summed E-state index contributed by atoms with van der Waals surface area (Å²) in [6.07, 6.45) is 9.02. The maximum absolute atomic E-state index is 12.2. The summed E-state index contributed by atoms with van der Waals surface area (Å²) in [4.78, 5) is 12.8. The first kappa shape index (κ1) is 17.5. The molecule has 1 amide bonds. The standard InChI is InChI=1S/C19H25N5OS/c1-5-24-11-12(10-20-24)8-14-16(25)21-17(26-14)23-22-15-9-13-6-7-19(15,4)18(13,2)3/h8,10-11,13H,5-7,9H2,1-4H3,(H,21,23,25)/b14-8+,22-15-/t13-,19-/m1/s1. The first-order valence-electron chi connectivity index (χ1n) is 9.22. The molecule has 3 aliphatic rings. The molecule has 0 radical (unpaired) electrons. The van der Waals surface area contributed by atoms with E-state index in [9.17, 15) is 4.79 Å². The summed E-state index contributed by atoms with van der Waals surface area (Å²) < 4.78 is 1.84. The Hall–Kier alpha value is -1.89. The molecule has 2 saturated carbocycles. The molecule has 6 nitrogen and oxygen atoms in total. The number of amides is 1. The summed E-state index contributed by atoms with van der Waals surface area (Å²) in [5.74, 6) is 0.570. The Morgan fingerprint density at radius 2 is 2.23 bits per heavy atom. The Bertz CT molecular complexity index is 850. The Morgan fingerprint density at radius 3 is 2.85 bits per heavy atom. The Balaban J connectivity index is 1.52. The zero-order chi connectivity index (χ0) is 18.5. The second-order valence-electron chi connectivity index (χ2n) is 8.14. The molecule has 1 aromatic rings. The molecule has 1 N–H and O–H groups in total. The number of amidine groups is 1. The van der Waals surface area contributed by atoms with E-state index < -0.39 is 0 Å². The average Bonchev–Trinajstić information content (AvgIpc) is 3.29. The van der Waals surface area contributed by atoms with Crippen molar-refractivity contribution in [1.29, 1.82) is 0 Å². The molecule has 1 saturated heterocycles. The van der Waals surface area contributed by atoms with Crippen molar-refractivity contribution in [2.45, 2.75) is 53.5 Å². The molecule has 0 spiro atoms. The van der Waals surface area contributed by atoms with Crippen molar-refractivity contribution in [1.82, 2.24) is 15.1 Å². The quantitative estimate of drug-likeness (QED) is 0.651. The van der Waals surface area contributed by atoms with Crippen molar-refractivity contribution >= 4 is 34.6 Å². The average molecular weight is 372 g/mol. The van der Waals surface area contributed by atoms with E-state index in [-0.39, 0.29) is 16.7 Å². The molecule has 2 bridgehead atoms. The van der Waals surface area contributed by atoms with E-state index in [0.29, 0.717) is 16.0 Å². The van der Waals surface area contributed by atoms with E-state index in [4.69, 9.17) is 0 Å². The summed E-state index contributed by atoms with van der Waals surface area (Å²) in [6.45, 7) is 9.86. The van der Waals surface area contributed by atoms with E-state index in [1.54, 1.807) is 6.20 Å². The maximum atomic E-state index is 12.2. The molecule has 138 valence electrons. The van der Waals surface area contributed by atoms with Crippen molar-refractivity contribution < 1.29 is 4.79 Å². The van der Waals surface area contributed by atoms with Gasteiger partial charge in [0.1, 0.15) is 0 Å². The summed E-state index contributed by atoms with van der Waals surface area (Å²) in [7, 11) is 0. The van der Waals surface area contributed by atoms with E-state index in [1.165, 1.54) is 30.3 Å². The lowest BCUT2D eigenvalue weighted by Gasteiger charge is -2.34. The maximum Gasteiger partial charge on any atom is 0.264 e. The monoisotopic (exact) mass is 371 g/mol. The number of carbonyl (C=O) groups excluding carboxylic acids is 1. The molecule has 0 unspecified atom stereocenters. The Kier molecular flexibility index (Phi) is 4.10. The van der Waals surface area contributed by atoms with Gasteiger partial charge in [0, 0.05) is 29.4 Å². The molecule has 1 aliphatic heterocycles. The van der Waals surface area contributed by atoms with Gasteiger partial charge in [0.05, 0.1) is 11.1 Å². The number of nitrogens with zero attached hydrogens (tertiary/aromatic N) is 4. The fourth-order valence-corrected chi connectivity index (χ4v) is 5.21. The third-order valence-corrected chi connectivity index (χ3v) is 7.60. The van der Waals surface area contributed by atoms with Gasteiger partial charge in [0.15, 0.2) is 5.17 Å². The lowest BCUT2D eigenvalue weighted by molar-refractivity contribution is -0.115. The molecule has 0 aromatic carbocycles. The molecule has 4 rings (SSSR count). The van der Waals surface area contributed by atoms with Crippen LogP contribution in [0.15, 0.2) is 27.5 Å². The highest BCUT2D eigenvalue weighted by molar-refractivity contribution is 8.18. The van der Waals surface area contributed by atoms with Gasteiger partial charge in [-0.2, -0.15) is 10.2 Å². The van der Waals surface area contributed by atoms with Crippen molar-refractivity contribution in [3.05, 3.63) is 22.9 Å². The number of aromatic nitrogens is 2. The molecular weight excluding hydrogens is 346 g/mol. The van der Waals surface area contributed by atoms with E-state index in [2.05, 4.69) is 41.4 Å². The third-order valence-electron chi connectivity index (χ3n) is 6.70. The van der Waals surface area contributed by atoms with Gasteiger partial charge >= 0.3 is 0 Å².